The first-order chi connectivity index (χ1) is 7.61. The molecule has 1 aromatic heterocycles. The summed E-state index contributed by atoms with van der Waals surface area (Å²) in [6, 6.07) is 1.84. The first kappa shape index (κ1) is 12.7. The molecule has 0 saturated heterocycles. The van der Waals surface area contributed by atoms with Gasteiger partial charge in [-0.25, -0.2) is 4.98 Å². The van der Waals surface area contributed by atoms with Crippen LogP contribution in [0.25, 0.3) is 0 Å². The molecule has 0 radical (unpaired) electrons. The van der Waals surface area contributed by atoms with Gasteiger partial charge in [-0.1, -0.05) is 0 Å². The number of ether oxygens (including phenoxy) is 1. The minimum absolute atomic E-state index is 0.600. The third-order valence-corrected chi connectivity index (χ3v) is 2.05. The number of aryl methyl sites for hydroxylation is 1. The summed E-state index contributed by atoms with van der Waals surface area (Å²) in [7, 11) is 5.90. The smallest absolute Gasteiger partial charge is 0.225 e. The largest absolute Gasteiger partial charge is 0.477 e. The predicted octanol–water partition coefficient (Wildman–Crippen LogP) is 1.16. The summed E-state index contributed by atoms with van der Waals surface area (Å²) in [5.41, 5.74) is 0.905. The van der Waals surface area contributed by atoms with Crippen LogP contribution in [0.15, 0.2) is 6.07 Å². The van der Waals surface area contributed by atoms with E-state index in [9.17, 15) is 0 Å². The molecule has 0 spiro atoms. The maximum Gasteiger partial charge on any atom is 0.225 e. The zero-order valence-electron chi connectivity index (χ0n) is 10.4. The lowest BCUT2D eigenvalue weighted by Crippen LogP contribution is -2.15. The van der Waals surface area contributed by atoms with Crippen molar-refractivity contribution in [3.8, 4) is 5.88 Å². The quantitative estimate of drug-likeness (QED) is 0.735. The number of nitrogens with one attached hydrogen (secondary N) is 1. The third-order valence-electron chi connectivity index (χ3n) is 2.05. The van der Waals surface area contributed by atoms with Crippen molar-refractivity contribution in [2.75, 3.05) is 39.6 Å². The Labute approximate surface area is 96.8 Å². The van der Waals surface area contributed by atoms with Crippen LogP contribution in [-0.2, 0) is 0 Å². The Morgan fingerprint density at radius 3 is 2.75 bits per heavy atom. The summed E-state index contributed by atoms with van der Waals surface area (Å²) < 4.78 is 5.56. The molecule has 0 amide bonds. The molecule has 0 aliphatic carbocycles. The molecule has 0 atom stereocenters. The summed E-state index contributed by atoms with van der Waals surface area (Å²) >= 11 is 0. The molecule has 0 aliphatic rings. The van der Waals surface area contributed by atoms with Crippen molar-refractivity contribution >= 4 is 5.95 Å². The molecule has 0 bridgehead atoms. The summed E-state index contributed by atoms with van der Waals surface area (Å²) in [5, 5.41) is 2.91. The minimum Gasteiger partial charge on any atom is -0.477 e. The molecule has 1 heterocycles. The van der Waals surface area contributed by atoms with Gasteiger partial charge in [-0.3, -0.25) is 0 Å². The number of anilines is 1. The van der Waals surface area contributed by atoms with Gasteiger partial charge in [0, 0.05) is 25.4 Å². The van der Waals surface area contributed by atoms with Gasteiger partial charge in [0.15, 0.2) is 0 Å². The van der Waals surface area contributed by atoms with Crippen LogP contribution in [0.1, 0.15) is 12.1 Å². The van der Waals surface area contributed by atoms with Gasteiger partial charge >= 0.3 is 0 Å². The van der Waals surface area contributed by atoms with Gasteiger partial charge in [-0.15, -0.1) is 0 Å². The topological polar surface area (TPSA) is 50.3 Å². The second-order valence-corrected chi connectivity index (χ2v) is 3.93. The van der Waals surface area contributed by atoms with E-state index in [2.05, 4.69) is 20.2 Å². The van der Waals surface area contributed by atoms with Crippen LogP contribution in [0.2, 0.25) is 0 Å². The molecule has 5 heteroatoms. The van der Waals surface area contributed by atoms with Crippen molar-refractivity contribution in [1.29, 1.82) is 0 Å². The van der Waals surface area contributed by atoms with Crippen molar-refractivity contribution in [2.24, 2.45) is 0 Å². The van der Waals surface area contributed by atoms with Gasteiger partial charge in [0.25, 0.3) is 0 Å². The van der Waals surface area contributed by atoms with Gasteiger partial charge in [-0.05, 0) is 27.4 Å². The van der Waals surface area contributed by atoms with Gasteiger partial charge in [0.1, 0.15) is 0 Å². The van der Waals surface area contributed by atoms with Crippen molar-refractivity contribution < 1.29 is 4.74 Å². The Morgan fingerprint density at radius 1 is 1.38 bits per heavy atom. The zero-order chi connectivity index (χ0) is 12.0. The summed E-state index contributed by atoms with van der Waals surface area (Å²) in [6.45, 7) is 3.62. The molecule has 1 rings (SSSR count). The van der Waals surface area contributed by atoms with Crippen molar-refractivity contribution in [3.05, 3.63) is 11.8 Å². The van der Waals surface area contributed by atoms with Crippen LogP contribution < -0.4 is 10.1 Å². The highest BCUT2D eigenvalue weighted by Crippen LogP contribution is 2.11. The van der Waals surface area contributed by atoms with E-state index in [4.69, 9.17) is 4.74 Å². The first-order valence-corrected chi connectivity index (χ1v) is 5.43. The van der Waals surface area contributed by atoms with E-state index in [-0.39, 0.29) is 0 Å². The molecule has 90 valence electrons. The standard InChI is InChI=1S/C11H20N4O/c1-9-8-10(14-11(12-2)13-9)16-7-5-6-15(3)4/h8H,5-7H2,1-4H3,(H,12,13,14). The van der Waals surface area contributed by atoms with Crippen LogP contribution >= 0.6 is 0 Å². The molecule has 0 aliphatic heterocycles. The third kappa shape index (κ3) is 4.44. The Balaban J connectivity index is 2.44. The fourth-order valence-electron chi connectivity index (χ4n) is 1.28. The molecular formula is C11H20N4O. The van der Waals surface area contributed by atoms with Gasteiger partial charge in [-0.2, -0.15) is 4.98 Å². The summed E-state index contributed by atoms with van der Waals surface area (Å²) in [5.74, 6) is 1.23. The lowest BCUT2D eigenvalue weighted by molar-refractivity contribution is 0.273. The average molecular weight is 224 g/mol. The van der Waals surface area contributed by atoms with Crippen LogP contribution in [0.3, 0.4) is 0 Å². The molecule has 1 N–H and O–H groups in total. The number of rotatable bonds is 6. The first-order valence-electron chi connectivity index (χ1n) is 5.43. The monoisotopic (exact) mass is 224 g/mol. The maximum absolute atomic E-state index is 5.56. The van der Waals surface area contributed by atoms with Crippen LogP contribution in [-0.4, -0.2) is 49.2 Å². The number of aromatic nitrogens is 2. The van der Waals surface area contributed by atoms with E-state index < -0.39 is 0 Å². The molecule has 0 aromatic carbocycles. The average Bonchev–Trinajstić information content (AvgIpc) is 2.23. The van der Waals surface area contributed by atoms with E-state index in [1.54, 1.807) is 7.05 Å². The van der Waals surface area contributed by atoms with Crippen LogP contribution in [0.5, 0.6) is 5.88 Å². The molecule has 16 heavy (non-hydrogen) atoms. The van der Waals surface area contributed by atoms with Gasteiger partial charge in [0.05, 0.1) is 6.61 Å². The van der Waals surface area contributed by atoms with Crippen LogP contribution in [0.4, 0.5) is 5.95 Å². The molecule has 0 unspecified atom stereocenters. The molecule has 1 aromatic rings. The van der Waals surface area contributed by atoms with Crippen LogP contribution in [0, 0.1) is 6.92 Å². The maximum atomic E-state index is 5.56. The lowest BCUT2D eigenvalue weighted by Gasteiger charge is -2.10. The van der Waals surface area contributed by atoms with E-state index in [1.165, 1.54) is 0 Å². The van der Waals surface area contributed by atoms with Crippen molar-refractivity contribution in [3.63, 3.8) is 0 Å². The number of hydrogen-bond donors (Lipinski definition) is 1. The van der Waals surface area contributed by atoms with E-state index in [0.29, 0.717) is 18.4 Å². The second-order valence-electron chi connectivity index (χ2n) is 3.93. The Bertz CT molecular complexity index is 328. The lowest BCUT2D eigenvalue weighted by atomic mass is 10.4. The fraction of sp³-hybridized carbons (Fsp3) is 0.636. The molecule has 5 nitrogen and oxygen atoms in total. The highest BCUT2D eigenvalue weighted by molar-refractivity contribution is 5.29. The molecule has 0 saturated carbocycles. The van der Waals surface area contributed by atoms with E-state index in [0.717, 1.165) is 18.7 Å². The molecule has 0 fully saturated rings. The van der Waals surface area contributed by atoms with Crippen molar-refractivity contribution in [2.45, 2.75) is 13.3 Å². The number of hydrogen-bond acceptors (Lipinski definition) is 5. The zero-order valence-corrected chi connectivity index (χ0v) is 10.4. The van der Waals surface area contributed by atoms with Gasteiger partial charge in [0.2, 0.25) is 11.8 Å². The summed E-state index contributed by atoms with van der Waals surface area (Å²) in [6.07, 6.45) is 0.991. The highest BCUT2D eigenvalue weighted by atomic mass is 16.5. The SMILES string of the molecule is CNc1nc(C)cc(OCCCN(C)C)n1. The molecular weight excluding hydrogens is 204 g/mol. The highest BCUT2D eigenvalue weighted by Gasteiger charge is 2.01. The minimum atomic E-state index is 0.600. The Hall–Kier alpha value is -1.36. The van der Waals surface area contributed by atoms with Crippen molar-refractivity contribution in [1.82, 2.24) is 14.9 Å². The van der Waals surface area contributed by atoms with E-state index >= 15 is 0 Å². The van der Waals surface area contributed by atoms with E-state index in [1.807, 2.05) is 27.1 Å². The number of nitrogens with zero attached hydrogens (tertiary/aromatic N) is 3. The fourth-order valence-corrected chi connectivity index (χ4v) is 1.28. The summed E-state index contributed by atoms with van der Waals surface area (Å²) in [4.78, 5) is 10.5. The second kappa shape index (κ2) is 6.27. The Morgan fingerprint density at radius 2 is 2.12 bits per heavy atom. The van der Waals surface area contributed by atoms with Gasteiger partial charge < -0.3 is 15.0 Å². The predicted molar refractivity (Wildman–Crippen MR) is 65.0 cm³/mol. The Kier molecular flexibility index (Phi) is 4.98. The normalized spacial score (nSPS) is 10.6.